The van der Waals surface area contributed by atoms with Crippen molar-refractivity contribution in [3.63, 3.8) is 0 Å². The molecule has 0 aliphatic heterocycles. The van der Waals surface area contributed by atoms with Crippen molar-refractivity contribution in [1.82, 2.24) is 10.1 Å². The van der Waals surface area contributed by atoms with Crippen LogP contribution in [0, 0.1) is 0 Å². The first-order valence-electron chi connectivity index (χ1n) is 4.43. The molecule has 0 saturated heterocycles. The summed E-state index contributed by atoms with van der Waals surface area (Å²) < 4.78 is 9.97. The van der Waals surface area contributed by atoms with E-state index in [4.69, 9.17) is 9.26 Å². The van der Waals surface area contributed by atoms with Crippen LogP contribution in [0.4, 0.5) is 0 Å². The minimum Gasteiger partial charge on any atom is -0.374 e. The Bertz CT molecular complexity index is 322. The lowest BCUT2D eigenvalue weighted by atomic mass is 10.1. The van der Waals surface area contributed by atoms with Crippen LogP contribution in [0.1, 0.15) is 44.5 Å². The number of hydrogen-bond acceptors (Lipinski definition) is 5. The topological polar surface area (TPSA) is 65.2 Å². The van der Waals surface area contributed by atoms with E-state index >= 15 is 0 Å². The van der Waals surface area contributed by atoms with Crippen molar-refractivity contribution < 1.29 is 14.1 Å². The smallest absolute Gasteiger partial charge is 0.237 e. The molecular formula is C9H14N2O3. The highest BCUT2D eigenvalue weighted by molar-refractivity contribution is 5.81. The lowest BCUT2D eigenvalue weighted by molar-refractivity contribution is -0.118. The number of ether oxygens (including phenoxy) is 1. The summed E-state index contributed by atoms with van der Waals surface area (Å²) in [5.74, 6) is 0.470. The molecule has 0 aliphatic rings. The molecule has 14 heavy (non-hydrogen) atoms. The van der Waals surface area contributed by atoms with E-state index in [-0.39, 0.29) is 17.8 Å². The van der Waals surface area contributed by atoms with Crippen LogP contribution >= 0.6 is 0 Å². The number of ketones is 1. The standard InChI is InChI=1S/C9H14N2O3/c1-5(6(2)12)9-10-8(11-14-9)7(3)13-4/h5,7H,1-4H3. The first kappa shape index (κ1) is 10.8. The molecule has 0 N–H and O–H groups in total. The van der Waals surface area contributed by atoms with E-state index in [1.54, 1.807) is 14.0 Å². The Labute approximate surface area is 82.4 Å². The summed E-state index contributed by atoms with van der Waals surface area (Å²) in [5, 5.41) is 3.73. The quantitative estimate of drug-likeness (QED) is 0.732. The van der Waals surface area contributed by atoms with Crippen LogP contribution in [0.3, 0.4) is 0 Å². The zero-order chi connectivity index (χ0) is 10.7. The Morgan fingerprint density at radius 2 is 2.14 bits per heavy atom. The lowest BCUT2D eigenvalue weighted by Gasteiger charge is -2.01. The molecule has 0 aliphatic carbocycles. The molecule has 2 atom stereocenters. The van der Waals surface area contributed by atoms with Crippen molar-refractivity contribution in [2.75, 3.05) is 7.11 Å². The van der Waals surface area contributed by atoms with Crippen molar-refractivity contribution in [2.24, 2.45) is 0 Å². The first-order valence-corrected chi connectivity index (χ1v) is 4.43. The van der Waals surface area contributed by atoms with Crippen molar-refractivity contribution in [3.8, 4) is 0 Å². The molecule has 1 aromatic rings. The van der Waals surface area contributed by atoms with Crippen molar-refractivity contribution in [1.29, 1.82) is 0 Å². The maximum Gasteiger partial charge on any atom is 0.237 e. The fourth-order valence-corrected chi connectivity index (χ4v) is 0.868. The van der Waals surface area contributed by atoms with Crippen LogP contribution < -0.4 is 0 Å². The monoisotopic (exact) mass is 198 g/mol. The van der Waals surface area contributed by atoms with E-state index in [0.29, 0.717) is 11.7 Å². The molecule has 0 radical (unpaired) electrons. The molecule has 1 heterocycles. The Hall–Kier alpha value is -1.23. The van der Waals surface area contributed by atoms with Gasteiger partial charge < -0.3 is 9.26 Å². The lowest BCUT2D eigenvalue weighted by Crippen LogP contribution is -2.05. The van der Waals surface area contributed by atoms with Gasteiger partial charge in [0.1, 0.15) is 11.9 Å². The maximum absolute atomic E-state index is 11.0. The zero-order valence-corrected chi connectivity index (χ0v) is 8.77. The van der Waals surface area contributed by atoms with Gasteiger partial charge in [0, 0.05) is 7.11 Å². The zero-order valence-electron chi connectivity index (χ0n) is 8.77. The molecule has 1 aromatic heterocycles. The third-order valence-corrected chi connectivity index (χ3v) is 2.15. The molecule has 0 saturated carbocycles. The van der Waals surface area contributed by atoms with Crippen LogP contribution in [0.2, 0.25) is 0 Å². The second kappa shape index (κ2) is 4.32. The van der Waals surface area contributed by atoms with Gasteiger partial charge in [-0.25, -0.2) is 0 Å². The predicted molar refractivity (Wildman–Crippen MR) is 48.8 cm³/mol. The van der Waals surface area contributed by atoms with Gasteiger partial charge in [0.05, 0.1) is 5.92 Å². The Morgan fingerprint density at radius 3 is 2.64 bits per heavy atom. The van der Waals surface area contributed by atoms with E-state index in [1.165, 1.54) is 6.92 Å². The fourth-order valence-electron chi connectivity index (χ4n) is 0.868. The van der Waals surface area contributed by atoms with E-state index < -0.39 is 0 Å². The summed E-state index contributed by atoms with van der Waals surface area (Å²) in [4.78, 5) is 15.1. The van der Waals surface area contributed by atoms with Crippen LogP contribution in [0.5, 0.6) is 0 Å². The van der Waals surface area contributed by atoms with Gasteiger partial charge in [-0.05, 0) is 20.8 Å². The molecule has 0 aromatic carbocycles. The summed E-state index contributed by atoms with van der Waals surface area (Å²) >= 11 is 0. The second-order valence-electron chi connectivity index (χ2n) is 3.20. The fraction of sp³-hybridized carbons (Fsp3) is 0.667. The normalized spacial score (nSPS) is 15.1. The number of carbonyl (C=O) groups excluding carboxylic acids is 1. The van der Waals surface area contributed by atoms with Gasteiger partial charge in [0.2, 0.25) is 5.89 Å². The van der Waals surface area contributed by atoms with Gasteiger partial charge >= 0.3 is 0 Å². The summed E-state index contributed by atoms with van der Waals surface area (Å²) in [6.45, 7) is 5.04. The molecule has 78 valence electrons. The summed E-state index contributed by atoms with van der Waals surface area (Å²) in [6, 6.07) is 0. The first-order chi connectivity index (χ1) is 6.56. The van der Waals surface area contributed by atoms with Crippen LogP contribution in [-0.2, 0) is 9.53 Å². The number of rotatable bonds is 4. The number of hydrogen-bond donors (Lipinski definition) is 0. The molecule has 0 spiro atoms. The predicted octanol–water partition coefficient (Wildman–Crippen LogP) is 1.47. The number of carbonyl (C=O) groups is 1. The highest BCUT2D eigenvalue weighted by atomic mass is 16.5. The number of methoxy groups -OCH3 is 1. The molecule has 0 fully saturated rings. The summed E-state index contributed by atoms with van der Waals surface area (Å²) in [7, 11) is 1.56. The van der Waals surface area contributed by atoms with Crippen molar-refractivity contribution in [3.05, 3.63) is 11.7 Å². The Balaban J connectivity index is 2.82. The SMILES string of the molecule is COC(C)c1noc(C(C)C(C)=O)n1. The van der Waals surface area contributed by atoms with E-state index in [1.807, 2.05) is 6.92 Å². The van der Waals surface area contributed by atoms with Crippen LogP contribution in [0.15, 0.2) is 4.52 Å². The average molecular weight is 198 g/mol. The molecule has 0 amide bonds. The van der Waals surface area contributed by atoms with E-state index in [2.05, 4.69) is 10.1 Å². The van der Waals surface area contributed by atoms with Crippen molar-refractivity contribution >= 4 is 5.78 Å². The Morgan fingerprint density at radius 1 is 1.50 bits per heavy atom. The van der Waals surface area contributed by atoms with Gasteiger partial charge in [-0.2, -0.15) is 4.98 Å². The molecule has 2 unspecified atom stereocenters. The maximum atomic E-state index is 11.0. The van der Waals surface area contributed by atoms with Crippen LogP contribution in [0.25, 0.3) is 0 Å². The van der Waals surface area contributed by atoms with Gasteiger partial charge in [0.25, 0.3) is 0 Å². The van der Waals surface area contributed by atoms with Gasteiger partial charge in [-0.1, -0.05) is 5.16 Å². The number of aromatic nitrogens is 2. The van der Waals surface area contributed by atoms with E-state index in [9.17, 15) is 4.79 Å². The third kappa shape index (κ3) is 2.17. The summed E-state index contributed by atoms with van der Waals surface area (Å²) in [6.07, 6.45) is -0.216. The highest BCUT2D eigenvalue weighted by Crippen LogP contribution is 2.17. The van der Waals surface area contributed by atoms with Crippen molar-refractivity contribution in [2.45, 2.75) is 32.8 Å². The van der Waals surface area contributed by atoms with Crippen LogP contribution in [-0.4, -0.2) is 23.0 Å². The van der Waals surface area contributed by atoms with Gasteiger partial charge in [-0.15, -0.1) is 0 Å². The average Bonchev–Trinajstić information content (AvgIpc) is 2.64. The number of nitrogens with zero attached hydrogens (tertiary/aromatic N) is 2. The number of Topliss-reactive ketones (excluding diaryl/α,β-unsaturated/α-hetero) is 1. The van der Waals surface area contributed by atoms with Gasteiger partial charge in [0.15, 0.2) is 5.82 Å². The molecule has 5 nitrogen and oxygen atoms in total. The molecule has 0 bridgehead atoms. The molecule has 1 rings (SSSR count). The largest absolute Gasteiger partial charge is 0.374 e. The summed E-state index contributed by atoms with van der Waals surface area (Å²) in [5.41, 5.74) is 0. The second-order valence-corrected chi connectivity index (χ2v) is 3.20. The Kier molecular flexibility index (Phi) is 3.35. The molecular weight excluding hydrogens is 184 g/mol. The highest BCUT2D eigenvalue weighted by Gasteiger charge is 2.20. The third-order valence-electron chi connectivity index (χ3n) is 2.15. The molecule has 5 heteroatoms. The minimum absolute atomic E-state index is 0.00488. The minimum atomic E-state index is -0.347. The van der Waals surface area contributed by atoms with Gasteiger partial charge in [-0.3, -0.25) is 4.79 Å². The van der Waals surface area contributed by atoms with E-state index in [0.717, 1.165) is 0 Å².